The fraction of sp³-hybridized carbons (Fsp3) is 0.0704. The van der Waals surface area contributed by atoms with Crippen LogP contribution >= 0.6 is 0 Å². The van der Waals surface area contributed by atoms with Crippen molar-refractivity contribution >= 4 is 17.1 Å². The number of rotatable bonds is 12. The molecule has 1 heteroatoms. The number of anilines is 3. The Labute approximate surface area is 427 Å². The lowest BCUT2D eigenvalue weighted by molar-refractivity contribution is 0.641. The maximum atomic E-state index is 2.36. The van der Waals surface area contributed by atoms with E-state index < -0.39 is 0 Å². The minimum atomic E-state index is -0.119. The average Bonchev–Trinajstić information content (AvgIpc) is 3.47. The summed E-state index contributed by atoms with van der Waals surface area (Å²) in [6, 6.07) is 103. The topological polar surface area (TPSA) is 3.24 Å². The van der Waals surface area contributed by atoms with Crippen LogP contribution in [0.15, 0.2) is 285 Å². The van der Waals surface area contributed by atoms with Crippen LogP contribution in [-0.4, -0.2) is 0 Å². The molecule has 0 amide bonds. The summed E-state index contributed by atoms with van der Waals surface area (Å²) in [6.07, 6.45) is 0. The van der Waals surface area contributed by atoms with Crippen LogP contribution in [0.3, 0.4) is 0 Å². The first-order chi connectivity index (χ1) is 35.4. The Morgan fingerprint density at radius 2 is 0.431 bits per heavy atom. The second-order valence-corrected chi connectivity index (χ2v) is 18.6. The van der Waals surface area contributed by atoms with Gasteiger partial charge in [0.2, 0.25) is 0 Å². The fourth-order valence-electron chi connectivity index (χ4n) is 9.74. The maximum Gasteiger partial charge on any atom is 0.0462 e. The van der Waals surface area contributed by atoms with Gasteiger partial charge in [0.25, 0.3) is 0 Å². The van der Waals surface area contributed by atoms with Crippen LogP contribution in [0.25, 0.3) is 77.9 Å². The molecule has 0 aromatic heterocycles. The zero-order valence-corrected chi connectivity index (χ0v) is 41.6. The van der Waals surface area contributed by atoms with Gasteiger partial charge in [0.1, 0.15) is 0 Å². The molecule has 0 aliphatic rings. The average molecular weight is 926 g/mol. The third-order valence-electron chi connectivity index (χ3n) is 13.8. The van der Waals surface area contributed by atoms with E-state index in [-0.39, 0.29) is 5.41 Å². The summed E-state index contributed by atoms with van der Waals surface area (Å²) in [6.45, 7) is 8.62. The Morgan fingerprint density at radius 3 is 0.750 bits per heavy atom. The molecule has 0 saturated carbocycles. The van der Waals surface area contributed by atoms with Crippen molar-refractivity contribution in [3.8, 4) is 77.9 Å². The highest BCUT2D eigenvalue weighted by molar-refractivity contribution is 5.84. The van der Waals surface area contributed by atoms with Crippen molar-refractivity contribution in [1.29, 1.82) is 0 Å². The van der Waals surface area contributed by atoms with Gasteiger partial charge in [-0.25, -0.2) is 0 Å². The van der Waals surface area contributed by atoms with Gasteiger partial charge in [-0.3, -0.25) is 0 Å². The number of nitrogens with zero attached hydrogens (tertiary/aromatic N) is 1. The zero-order chi connectivity index (χ0) is 49.3. The van der Waals surface area contributed by atoms with Gasteiger partial charge in [-0.1, -0.05) is 252 Å². The van der Waals surface area contributed by atoms with Crippen LogP contribution in [0.1, 0.15) is 38.8 Å². The monoisotopic (exact) mass is 925 g/mol. The lowest BCUT2D eigenvalue weighted by Gasteiger charge is -2.26. The van der Waals surface area contributed by atoms with Crippen LogP contribution in [0.2, 0.25) is 0 Å². The summed E-state index contributed by atoms with van der Waals surface area (Å²) in [5.41, 5.74) is 22.5. The first kappa shape index (κ1) is 46.9. The lowest BCUT2D eigenvalue weighted by Crippen LogP contribution is -2.18. The number of hydrogen-bond donors (Lipinski definition) is 0. The van der Waals surface area contributed by atoms with Gasteiger partial charge in [-0.05, 0) is 150 Å². The van der Waals surface area contributed by atoms with E-state index in [0.717, 1.165) is 17.1 Å². The van der Waals surface area contributed by atoms with E-state index in [1.165, 1.54) is 89.0 Å². The molecule has 0 radical (unpaired) electrons. The Bertz CT molecular complexity index is 3520. The summed E-state index contributed by atoms with van der Waals surface area (Å²) in [5.74, 6) is 0. The van der Waals surface area contributed by atoms with Gasteiger partial charge in [0.05, 0.1) is 0 Å². The number of hydrogen-bond acceptors (Lipinski definition) is 1. The summed E-state index contributed by atoms with van der Waals surface area (Å²) in [5, 5.41) is 0. The minimum Gasteiger partial charge on any atom is -0.311 e. The third kappa shape index (κ3) is 10.2. The van der Waals surface area contributed by atoms with Gasteiger partial charge >= 0.3 is 0 Å². The van der Waals surface area contributed by atoms with Gasteiger partial charge in [-0.15, -0.1) is 0 Å². The predicted molar refractivity (Wildman–Crippen MR) is 309 cm³/mol. The fourth-order valence-corrected chi connectivity index (χ4v) is 9.74. The molecular weight excluding hydrogens is 867 g/mol. The highest BCUT2D eigenvalue weighted by Crippen LogP contribution is 2.40. The van der Waals surface area contributed by atoms with Crippen molar-refractivity contribution in [2.45, 2.75) is 33.1 Å². The molecule has 72 heavy (non-hydrogen) atoms. The van der Waals surface area contributed by atoms with Crippen molar-refractivity contribution in [3.63, 3.8) is 0 Å². The van der Waals surface area contributed by atoms with Crippen LogP contribution in [0.5, 0.6) is 0 Å². The van der Waals surface area contributed by atoms with Crippen LogP contribution in [0, 0.1) is 0 Å². The molecule has 11 rings (SSSR count). The Morgan fingerprint density at radius 1 is 0.208 bits per heavy atom. The van der Waals surface area contributed by atoms with Crippen LogP contribution in [0.4, 0.5) is 17.1 Å². The maximum absolute atomic E-state index is 2.36. The molecule has 348 valence electrons. The molecular formula is C71H59N. The molecule has 1 nitrogen and oxygen atoms in total. The smallest absolute Gasteiger partial charge is 0.0462 e. The van der Waals surface area contributed by atoms with Crippen molar-refractivity contribution < 1.29 is 0 Å². The predicted octanol–water partition coefficient (Wildman–Crippen LogP) is 20.2. The van der Waals surface area contributed by atoms with Gasteiger partial charge in [0, 0.05) is 22.5 Å². The first-order valence-corrected chi connectivity index (χ1v) is 25.2. The molecule has 0 bridgehead atoms. The molecule has 0 N–H and O–H groups in total. The normalized spacial score (nSPS) is 11.1. The number of benzene rings is 11. The highest BCUT2D eigenvalue weighted by atomic mass is 15.1. The summed E-state index contributed by atoms with van der Waals surface area (Å²) in [4.78, 5) is 2.36. The van der Waals surface area contributed by atoms with Crippen molar-refractivity contribution in [3.05, 3.63) is 296 Å². The summed E-state index contributed by atoms with van der Waals surface area (Å²) >= 11 is 0. The van der Waals surface area contributed by atoms with Crippen molar-refractivity contribution in [2.75, 3.05) is 4.90 Å². The van der Waals surface area contributed by atoms with Gasteiger partial charge < -0.3 is 4.90 Å². The molecule has 0 saturated heterocycles. The molecule has 11 aromatic rings. The Balaban J connectivity index is 0.00000295. The van der Waals surface area contributed by atoms with E-state index in [9.17, 15) is 0 Å². The highest BCUT2D eigenvalue weighted by Gasteiger charge is 2.23. The molecule has 0 atom stereocenters. The van der Waals surface area contributed by atoms with Crippen molar-refractivity contribution in [1.82, 2.24) is 0 Å². The molecule has 0 heterocycles. The standard InChI is InChI=1S/C69H53N.C2H6/c1-69(2,64-30-10-5-11-31-64)65-32-16-29-63(49-65)62-28-15-25-59(48-62)54-37-43-68(44-38-54)70(66-39-33-52(34-40-66)57-23-12-21-55(45-57)50-17-6-3-7-18-50)67-41-35-53(36-42-67)58-24-14-27-61(47-58)60-26-13-22-56(46-60)51-19-8-4-9-20-51;1-2/h3-49H,1-2H3;1-2H3. The molecule has 0 aliphatic heterocycles. The van der Waals surface area contributed by atoms with E-state index in [2.05, 4.69) is 304 Å². The Kier molecular flexibility index (Phi) is 14.0. The third-order valence-corrected chi connectivity index (χ3v) is 13.8. The molecule has 11 aromatic carbocycles. The minimum absolute atomic E-state index is 0.119. The van der Waals surface area contributed by atoms with E-state index in [1.54, 1.807) is 0 Å². The van der Waals surface area contributed by atoms with E-state index in [0.29, 0.717) is 0 Å². The molecule has 0 spiro atoms. The summed E-state index contributed by atoms with van der Waals surface area (Å²) < 4.78 is 0. The Hall–Kier alpha value is -8.78. The van der Waals surface area contributed by atoms with E-state index >= 15 is 0 Å². The second-order valence-electron chi connectivity index (χ2n) is 18.6. The van der Waals surface area contributed by atoms with Crippen LogP contribution < -0.4 is 4.90 Å². The molecule has 0 fully saturated rings. The lowest BCUT2D eigenvalue weighted by atomic mass is 9.77. The largest absolute Gasteiger partial charge is 0.311 e. The van der Waals surface area contributed by atoms with Gasteiger partial charge in [0.15, 0.2) is 0 Å². The molecule has 0 unspecified atom stereocenters. The van der Waals surface area contributed by atoms with E-state index in [1.807, 2.05) is 13.8 Å². The van der Waals surface area contributed by atoms with Crippen LogP contribution in [-0.2, 0) is 5.41 Å². The molecule has 0 aliphatic carbocycles. The van der Waals surface area contributed by atoms with Gasteiger partial charge in [-0.2, -0.15) is 0 Å². The quantitative estimate of drug-likeness (QED) is 0.118. The SMILES string of the molecule is CC.CC(C)(c1ccccc1)c1cccc(-c2cccc(-c3ccc(N(c4ccc(-c5cccc(-c6ccccc6)c5)cc4)c4ccc(-c5cccc(-c6cccc(-c7ccccc7)c6)c5)cc4)cc3)c2)c1. The van der Waals surface area contributed by atoms with E-state index in [4.69, 9.17) is 0 Å². The second kappa shape index (κ2) is 21.5. The summed E-state index contributed by atoms with van der Waals surface area (Å²) in [7, 11) is 0. The first-order valence-electron chi connectivity index (χ1n) is 25.2. The zero-order valence-electron chi connectivity index (χ0n) is 41.6. The van der Waals surface area contributed by atoms with Crippen molar-refractivity contribution in [2.24, 2.45) is 0 Å².